The average Bonchev–Trinajstić information content (AvgIpc) is 4.07. The molecule has 3 aromatic heterocycles. The summed E-state index contributed by atoms with van der Waals surface area (Å²) in [6.07, 6.45) is 3.58. The third kappa shape index (κ3) is 10.6. The van der Waals surface area contributed by atoms with Gasteiger partial charge in [-0.15, -0.1) is 35.9 Å². The molecule has 0 saturated heterocycles. The van der Waals surface area contributed by atoms with Crippen LogP contribution in [-0.2, 0) is 20.1 Å². The topological polar surface area (TPSA) is 52.8 Å². The second kappa shape index (κ2) is 23.6. The van der Waals surface area contributed by atoms with Crippen LogP contribution in [-0.4, -0.2) is 36.1 Å². The number of para-hydroxylation sites is 4. The summed E-state index contributed by atoms with van der Waals surface area (Å²) in [6, 6.07) is 99.7. The van der Waals surface area contributed by atoms with Gasteiger partial charge in [0, 0.05) is 49.1 Å². The summed E-state index contributed by atoms with van der Waals surface area (Å²) in [4.78, 5) is 13.7. The molecule has 81 heavy (non-hydrogen) atoms. The fourth-order valence-corrected chi connectivity index (χ4v) is 11.3. The summed E-state index contributed by atoms with van der Waals surface area (Å²) in [6.45, 7) is 2.06. The van der Waals surface area contributed by atoms with E-state index in [0.717, 1.165) is 61.6 Å². The number of aromatic nitrogens is 4. The number of nitrogens with zero attached hydrogens (tertiary/aromatic N) is 4. The Labute approximate surface area is 493 Å². The van der Waals surface area contributed by atoms with Gasteiger partial charge in [-0.25, -0.2) is 4.98 Å². The predicted octanol–water partition coefficient (Wildman–Crippen LogP) is 18.6. The molecule has 0 saturated carbocycles. The number of benzene rings is 12. The molecule has 12 aromatic carbocycles. The third-order valence-corrected chi connectivity index (χ3v) is 15.2. The van der Waals surface area contributed by atoms with Gasteiger partial charge in [-0.05, 0) is 150 Å². The van der Waals surface area contributed by atoms with Crippen molar-refractivity contribution in [1.29, 1.82) is 0 Å². The summed E-state index contributed by atoms with van der Waals surface area (Å²) >= 11 is 1.47. The van der Waals surface area contributed by atoms with E-state index in [1.54, 1.807) is 6.20 Å². The Morgan fingerprint density at radius 3 is 1.67 bits per heavy atom. The van der Waals surface area contributed by atoms with Gasteiger partial charge in [0.1, 0.15) is 17.1 Å². The van der Waals surface area contributed by atoms with Crippen LogP contribution in [0.4, 0.5) is 0 Å². The zero-order chi connectivity index (χ0) is 53.8. The second-order valence-electron chi connectivity index (χ2n) is 19.8. The number of imidazole rings is 1. The molecule has 386 valence electrons. The van der Waals surface area contributed by atoms with Crippen molar-refractivity contribution in [3.05, 3.63) is 297 Å². The molecule has 0 aliphatic carbocycles. The minimum absolute atomic E-state index is 0. The summed E-state index contributed by atoms with van der Waals surface area (Å²) in [7, 11) is 0. The molecule has 0 atom stereocenters. The van der Waals surface area contributed by atoms with E-state index in [1.165, 1.54) is 93.1 Å². The minimum atomic E-state index is 0. The van der Waals surface area contributed by atoms with Crippen molar-refractivity contribution < 1.29 is 23.9 Å². The third-order valence-electron chi connectivity index (χ3n) is 14.9. The van der Waals surface area contributed by atoms with Crippen LogP contribution in [0.2, 0.25) is 0 Å². The van der Waals surface area contributed by atoms with Gasteiger partial charge in [0.05, 0.1) is 11.0 Å². The molecule has 15 aromatic rings. The van der Waals surface area contributed by atoms with Crippen molar-refractivity contribution in [3.8, 4) is 67.5 Å². The first-order valence-electron chi connectivity index (χ1n) is 26.8. The number of rotatable bonds is 7. The van der Waals surface area contributed by atoms with Crippen LogP contribution in [0.3, 0.4) is 0 Å². The molecule has 3 heterocycles. The first-order chi connectivity index (χ1) is 39.6. The number of pyridine rings is 2. The fourth-order valence-electron chi connectivity index (χ4n) is 11.0. The van der Waals surface area contributed by atoms with Gasteiger partial charge in [0.15, 0.2) is 0 Å². The number of hydrogen-bond acceptors (Lipinski definition) is 4. The zero-order valence-corrected chi connectivity index (χ0v) is 48.2. The molecule has 2 radical (unpaired) electrons. The van der Waals surface area contributed by atoms with Crippen molar-refractivity contribution in [1.82, 2.24) is 19.5 Å². The van der Waals surface area contributed by atoms with Crippen LogP contribution in [0.25, 0.3) is 127 Å². The standard InChI is InChI=1S/C53H34N2.C12H10N.C9H7NO.Al.Ir.H/c1-2-16-44(17-3-1)55-50-21-11-10-20-49(50)54-53(55)38-26-22-37(23-27-38)41-30-31-47-48(34-41)52(43-29-25-36-13-5-7-15-40(36)33-43)46-19-9-8-18-45(46)51(47)42-28-24-35-12-4-6-14-39(35)32-42;1-10-6-5-9-13-12(10)11-7-3-2-4-8-11;11-8-5-1-3-7-4-2-6-10-9(7)8;;;/h1-34H;2-7,9H,1H3;1-6,11H;;;/q;-1;;+1;;/p-1. The van der Waals surface area contributed by atoms with Crippen molar-refractivity contribution >= 4 is 81.6 Å². The first kappa shape index (κ1) is 52.4. The summed E-state index contributed by atoms with van der Waals surface area (Å²) in [5.74, 6) is 1.77. The smallest absolute Gasteiger partial charge is 0.494 e. The maximum Gasteiger partial charge on any atom is 0.494 e. The van der Waals surface area contributed by atoms with E-state index in [0.29, 0.717) is 0 Å². The van der Waals surface area contributed by atoms with Gasteiger partial charge >= 0.3 is 16.6 Å². The summed E-state index contributed by atoms with van der Waals surface area (Å²) in [5.41, 5.74) is 15.7. The number of fused-ring (bicyclic) bond motifs is 6. The predicted molar refractivity (Wildman–Crippen MR) is 336 cm³/mol. The monoisotopic (exact) mass is 1230 g/mol. The van der Waals surface area contributed by atoms with Crippen LogP contribution in [0.1, 0.15) is 5.56 Å². The van der Waals surface area contributed by atoms with Crippen LogP contribution in [0.15, 0.2) is 285 Å². The van der Waals surface area contributed by atoms with E-state index in [-0.39, 0.29) is 20.1 Å². The van der Waals surface area contributed by atoms with E-state index in [9.17, 15) is 0 Å². The Bertz CT molecular complexity index is 4710. The number of aryl methyl sites for hydroxylation is 1. The molecule has 0 fully saturated rings. The Kier molecular flexibility index (Phi) is 15.2. The molecule has 0 unspecified atom stereocenters. The normalized spacial score (nSPS) is 11.0. The molecule has 7 heteroatoms. The van der Waals surface area contributed by atoms with Gasteiger partial charge in [-0.2, -0.15) is 0 Å². The van der Waals surface area contributed by atoms with Gasteiger partial charge < -0.3 is 8.77 Å². The fraction of sp³-hybridized carbons (Fsp3) is 0.0135. The van der Waals surface area contributed by atoms with Crippen LogP contribution in [0, 0.1) is 13.0 Å². The van der Waals surface area contributed by atoms with Crippen molar-refractivity contribution in [2.75, 3.05) is 0 Å². The molecular weight excluding hydrogens is 1180 g/mol. The quantitative estimate of drug-likeness (QED) is 0.0906. The molecular formula is C74H51AlIrN4O-. The van der Waals surface area contributed by atoms with Crippen LogP contribution in [0.5, 0.6) is 5.75 Å². The molecule has 0 aliphatic rings. The molecule has 0 bridgehead atoms. The largest absolute Gasteiger partial charge is 0.649 e. The van der Waals surface area contributed by atoms with Crippen LogP contribution < -0.4 is 3.79 Å². The molecule has 0 aliphatic heterocycles. The van der Waals surface area contributed by atoms with E-state index in [1.807, 2.05) is 66.9 Å². The minimum Gasteiger partial charge on any atom is -0.649 e. The second-order valence-corrected chi connectivity index (χ2v) is 20.1. The Morgan fingerprint density at radius 2 is 0.975 bits per heavy atom. The van der Waals surface area contributed by atoms with Gasteiger partial charge in [0.2, 0.25) is 0 Å². The zero-order valence-electron chi connectivity index (χ0n) is 44.4. The van der Waals surface area contributed by atoms with E-state index < -0.39 is 0 Å². The molecule has 15 rings (SSSR count). The first-order valence-corrected chi connectivity index (χ1v) is 27.4. The van der Waals surface area contributed by atoms with Crippen LogP contribution >= 0.6 is 0 Å². The van der Waals surface area contributed by atoms with Crippen molar-refractivity contribution in [2.45, 2.75) is 6.92 Å². The molecule has 0 spiro atoms. The molecule has 0 amide bonds. The maximum absolute atomic E-state index is 5.19. The summed E-state index contributed by atoms with van der Waals surface area (Å²) in [5, 5.41) is 11.1. The Morgan fingerprint density at radius 1 is 0.420 bits per heavy atom. The van der Waals surface area contributed by atoms with Gasteiger partial charge in [0.25, 0.3) is 0 Å². The molecule has 5 nitrogen and oxygen atoms in total. The van der Waals surface area contributed by atoms with E-state index >= 15 is 0 Å². The SMILES string of the molecule is Cc1cccnc1-c1[c-]cccc1.[AlH][O]c1cccc2cccnc12.[Ir].c1ccc(-n2c(-c3ccc(-c4ccc5c(-c6ccc7ccccc7c6)c6ccccc6c(-c6ccc7ccccc7c6)c5c4)cc3)nc3ccccc32)cc1. The summed E-state index contributed by atoms with van der Waals surface area (Å²) < 4.78 is 7.45. The molecule has 0 N–H and O–H groups in total. The van der Waals surface area contributed by atoms with E-state index in [4.69, 9.17) is 8.77 Å². The maximum atomic E-state index is 5.19. The van der Waals surface area contributed by atoms with E-state index in [2.05, 4.69) is 240 Å². The van der Waals surface area contributed by atoms with Crippen molar-refractivity contribution in [2.24, 2.45) is 0 Å². The average molecular weight is 1230 g/mol. The number of hydrogen-bond donors (Lipinski definition) is 0. The Balaban J connectivity index is 0.000000205. The van der Waals surface area contributed by atoms with Crippen molar-refractivity contribution in [3.63, 3.8) is 0 Å². The van der Waals surface area contributed by atoms with Gasteiger partial charge in [-0.1, -0.05) is 194 Å². The Hall–Kier alpha value is -9.31. The van der Waals surface area contributed by atoms with Gasteiger partial charge in [-0.3, -0.25) is 9.55 Å².